The average Bonchev–Trinajstić information content (AvgIpc) is 2.01. The standard InChI is InChI=1S/C11H16NO2.HI/c1-9(13)14-11-7-5-6-10(8-11)12(2,3)4;/h5-8H,1-4H3;1H/q+1;/p-1. The SMILES string of the molecule is CC(=O)Oc1cccc([N+](C)(C)C)c1.[I-]. The first kappa shape index (κ1) is 14.4. The van der Waals surface area contributed by atoms with Gasteiger partial charge < -0.3 is 28.7 Å². The maximum atomic E-state index is 10.7. The Balaban J connectivity index is 0.00000196. The van der Waals surface area contributed by atoms with Crippen LogP contribution in [-0.4, -0.2) is 27.1 Å². The zero-order chi connectivity index (χ0) is 10.8. The summed E-state index contributed by atoms with van der Waals surface area (Å²) in [5.41, 5.74) is 1.10. The van der Waals surface area contributed by atoms with Crippen LogP contribution >= 0.6 is 0 Å². The fraction of sp³-hybridized carbons (Fsp3) is 0.364. The Hall–Kier alpha value is -0.620. The van der Waals surface area contributed by atoms with Crippen molar-refractivity contribution in [2.45, 2.75) is 6.92 Å². The lowest BCUT2D eigenvalue weighted by Gasteiger charge is -2.23. The van der Waals surface area contributed by atoms with E-state index < -0.39 is 0 Å². The smallest absolute Gasteiger partial charge is 0.308 e. The van der Waals surface area contributed by atoms with Crippen molar-refractivity contribution in [1.82, 2.24) is 4.48 Å². The number of benzene rings is 1. The number of halogens is 1. The van der Waals surface area contributed by atoms with Crippen LogP contribution in [0.3, 0.4) is 0 Å². The molecule has 0 aliphatic rings. The maximum Gasteiger partial charge on any atom is 0.308 e. The molecule has 84 valence electrons. The Morgan fingerprint density at radius 3 is 2.33 bits per heavy atom. The summed E-state index contributed by atoms with van der Waals surface area (Å²) in [6.07, 6.45) is 0. The summed E-state index contributed by atoms with van der Waals surface area (Å²) in [5, 5.41) is 0. The third-order valence-electron chi connectivity index (χ3n) is 1.85. The van der Waals surface area contributed by atoms with Crippen LogP contribution in [0.4, 0.5) is 5.69 Å². The second kappa shape index (κ2) is 5.46. The quantitative estimate of drug-likeness (QED) is 0.296. The van der Waals surface area contributed by atoms with Gasteiger partial charge in [-0.2, -0.15) is 0 Å². The van der Waals surface area contributed by atoms with E-state index in [4.69, 9.17) is 4.74 Å². The number of esters is 1. The maximum absolute atomic E-state index is 10.7. The molecule has 0 bridgehead atoms. The molecule has 0 aliphatic carbocycles. The van der Waals surface area contributed by atoms with Gasteiger partial charge in [-0.1, -0.05) is 6.07 Å². The highest BCUT2D eigenvalue weighted by atomic mass is 127. The number of hydrogen-bond acceptors (Lipinski definition) is 2. The molecule has 0 saturated carbocycles. The molecular formula is C11H16INO2. The molecule has 0 N–H and O–H groups in total. The van der Waals surface area contributed by atoms with Crippen molar-refractivity contribution in [1.29, 1.82) is 0 Å². The van der Waals surface area contributed by atoms with Gasteiger partial charge in [-0.3, -0.25) is 9.28 Å². The predicted octanol–water partition coefficient (Wildman–Crippen LogP) is -1.19. The van der Waals surface area contributed by atoms with Gasteiger partial charge in [0.1, 0.15) is 11.4 Å². The monoisotopic (exact) mass is 321 g/mol. The van der Waals surface area contributed by atoms with Gasteiger partial charge >= 0.3 is 5.97 Å². The number of nitrogens with zero attached hydrogens (tertiary/aromatic N) is 1. The zero-order valence-corrected chi connectivity index (χ0v) is 11.6. The summed E-state index contributed by atoms with van der Waals surface area (Å²) >= 11 is 0. The van der Waals surface area contributed by atoms with Gasteiger partial charge in [-0.05, 0) is 12.1 Å². The minimum Gasteiger partial charge on any atom is -1.00 e. The number of ether oxygens (including phenoxy) is 1. The first-order valence-corrected chi connectivity index (χ1v) is 4.50. The van der Waals surface area contributed by atoms with E-state index in [2.05, 4.69) is 21.1 Å². The summed E-state index contributed by atoms with van der Waals surface area (Å²) in [7, 11) is 6.19. The highest BCUT2D eigenvalue weighted by molar-refractivity contribution is 5.69. The molecule has 0 spiro atoms. The van der Waals surface area contributed by atoms with Crippen molar-refractivity contribution in [2.75, 3.05) is 21.1 Å². The number of quaternary nitrogens is 1. The summed E-state index contributed by atoms with van der Waals surface area (Å²) in [4.78, 5) is 10.7. The molecular weight excluding hydrogens is 305 g/mol. The van der Waals surface area contributed by atoms with E-state index in [0.29, 0.717) is 10.2 Å². The normalized spacial score (nSPS) is 10.4. The van der Waals surface area contributed by atoms with Gasteiger partial charge in [0.2, 0.25) is 0 Å². The molecule has 1 aromatic carbocycles. The number of carbonyl (C=O) groups is 1. The highest BCUT2D eigenvalue weighted by Crippen LogP contribution is 2.22. The van der Waals surface area contributed by atoms with Gasteiger partial charge in [-0.25, -0.2) is 0 Å². The van der Waals surface area contributed by atoms with Crippen LogP contribution in [0.2, 0.25) is 0 Å². The van der Waals surface area contributed by atoms with Crippen LogP contribution in [-0.2, 0) is 4.79 Å². The van der Waals surface area contributed by atoms with Crippen LogP contribution in [0.1, 0.15) is 6.92 Å². The number of hydrogen-bond donors (Lipinski definition) is 0. The van der Waals surface area contributed by atoms with Gasteiger partial charge in [0.15, 0.2) is 0 Å². The molecule has 0 fully saturated rings. The van der Waals surface area contributed by atoms with E-state index in [0.717, 1.165) is 5.69 Å². The van der Waals surface area contributed by atoms with Crippen LogP contribution in [0.15, 0.2) is 24.3 Å². The summed E-state index contributed by atoms with van der Waals surface area (Å²) < 4.78 is 5.70. The van der Waals surface area contributed by atoms with E-state index in [1.54, 1.807) is 6.07 Å². The lowest BCUT2D eigenvalue weighted by Crippen LogP contribution is -3.00. The van der Waals surface area contributed by atoms with E-state index in [9.17, 15) is 4.79 Å². The van der Waals surface area contributed by atoms with Crippen molar-refractivity contribution in [2.24, 2.45) is 0 Å². The molecule has 0 unspecified atom stereocenters. The molecule has 0 aromatic heterocycles. The molecule has 1 aromatic rings. The highest BCUT2D eigenvalue weighted by Gasteiger charge is 2.12. The van der Waals surface area contributed by atoms with Crippen molar-refractivity contribution in [3.8, 4) is 5.75 Å². The second-order valence-electron chi connectivity index (χ2n) is 4.10. The molecule has 0 amide bonds. The molecule has 0 atom stereocenters. The van der Waals surface area contributed by atoms with Crippen molar-refractivity contribution in [3.63, 3.8) is 0 Å². The van der Waals surface area contributed by atoms with Gasteiger partial charge in [0.05, 0.1) is 21.1 Å². The molecule has 3 nitrogen and oxygen atoms in total. The van der Waals surface area contributed by atoms with Crippen molar-refractivity contribution < 1.29 is 33.5 Å². The molecule has 15 heavy (non-hydrogen) atoms. The van der Waals surface area contributed by atoms with Gasteiger partial charge in [-0.15, -0.1) is 0 Å². The molecule has 0 heterocycles. The lowest BCUT2D eigenvalue weighted by molar-refractivity contribution is -0.131. The van der Waals surface area contributed by atoms with Crippen molar-refractivity contribution in [3.05, 3.63) is 24.3 Å². The Labute approximate surface area is 108 Å². The second-order valence-corrected chi connectivity index (χ2v) is 4.10. The first-order chi connectivity index (χ1) is 6.39. The minimum absolute atomic E-state index is 0. The molecule has 0 aliphatic heterocycles. The Kier molecular flexibility index (Phi) is 5.23. The van der Waals surface area contributed by atoms with Gasteiger partial charge in [0.25, 0.3) is 0 Å². The molecule has 0 saturated heterocycles. The Morgan fingerprint density at radius 2 is 1.87 bits per heavy atom. The topological polar surface area (TPSA) is 26.3 Å². The first-order valence-electron chi connectivity index (χ1n) is 4.50. The fourth-order valence-corrected chi connectivity index (χ4v) is 1.13. The predicted molar refractivity (Wildman–Crippen MR) is 57.3 cm³/mol. The largest absolute Gasteiger partial charge is 1.00 e. The Morgan fingerprint density at radius 1 is 1.27 bits per heavy atom. The summed E-state index contributed by atoms with van der Waals surface area (Å²) in [5.74, 6) is 0.312. The fourth-order valence-electron chi connectivity index (χ4n) is 1.13. The van der Waals surface area contributed by atoms with Crippen LogP contribution in [0, 0.1) is 0 Å². The van der Waals surface area contributed by atoms with E-state index in [1.807, 2.05) is 18.2 Å². The van der Waals surface area contributed by atoms with Crippen LogP contribution in [0.25, 0.3) is 0 Å². The van der Waals surface area contributed by atoms with Gasteiger partial charge in [0, 0.05) is 13.0 Å². The van der Waals surface area contributed by atoms with Crippen LogP contribution in [0.5, 0.6) is 5.75 Å². The summed E-state index contributed by atoms with van der Waals surface area (Å²) in [6.45, 7) is 1.40. The van der Waals surface area contributed by atoms with Crippen molar-refractivity contribution >= 4 is 11.7 Å². The van der Waals surface area contributed by atoms with E-state index in [-0.39, 0.29) is 29.9 Å². The zero-order valence-electron chi connectivity index (χ0n) is 9.45. The lowest BCUT2D eigenvalue weighted by atomic mass is 10.2. The minimum atomic E-state index is -0.288. The molecule has 4 heteroatoms. The molecule has 1 rings (SSSR count). The third kappa shape index (κ3) is 4.61. The average molecular weight is 321 g/mol. The van der Waals surface area contributed by atoms with E-state index in [1.165, 1.54) is 6.92 Å². The summed E-state index contributed by atoms with van der Waals surface area (Å²) in [6, 6.07) is 7.55. The molecule has 0 radical (unpaired) electrons. The number of carbonyl (C=O) groups excluding carboxylic acids is 1. The van der Waals surface area contributed by atoms with Crippen LogP contribution < -0.4 is 33.2 Å². The van der Waals surface area contributed by atoms with E-state index >= 15 is 0 Å². The Bertz CT molecular complexity index is 345. The third-order valence-corrected chi connectivity index (χ3v) is 1.85. The number of rotatable bonds is 2.